The van der Waals surface area contributed by atoms with Crippen LogP contribution in [0.4, 0.5) is 0 Å². The zero-order valence-electron chi connectivity index (χ0n) is 55.6. The van der Waals surface area contributed by atoms with Gasteiger partial charge in [-0.15, -0.1) is 0 Å². The second-order valence-electron chi connectivity index (χ2n) is 24.3. The van der Waals surface area contributed by atoms with Gasteiger partial charge in [0.1, 0.15) is 25.0 Å². The average molecular weight is 1340 g/mol. The summed E-state index contributed by atoms with van der Waals surface area (Å²) < 4.78 is 52.1. The topological polar surface area (TPSA) is 439 Å². The molecule has 0 heterocycles. The van der Waals surface area contributed by atoms with Crippen molar-refractivity contribution in [3.63, 3.8) is 0 Å². The highest BCUT2D eigenvalue weighted by molar-refractivity contribution is 7.85. The minimum absolute atomic E-state index is 0.0133. The van der Waals surface area contributed by atoms with Crippen LogP contribution in [0.3, 0.4) is 0 Å². The maximum Gasteiger partial charge on any atom is 0.326 e. The highest BCUT2D eigenvalue weighted by Gasteiger charge is 2.31. The number of rotatable bonds is 63. The fraction of sp³-hybridized carbons (Fsp3) is 0.754. The molecule has 5 atom stereocenters. The zero-order valence-corrected chi connectivity index (χ0v) is 56.4. The molecular weight excluding hydrogens is 1230 g/mol. The number of phenolic OH excluding ortho intramolecular Hbond substituents is 1. The number of hydrogen-bond donors (Lipinski definition) is 11. The van der Waals surface area contributed by atoms with Crippen molar-refractivity contribution in [1.29, 1.82) is 5.41 Å². The first-order valence-corrected chi connectivity index (χ1v) is 34.9. The Morgan fingerprint density at radius 1 is 0.591 bits per heavy atom. The van der Waals surface area contributed by atoms with E-state index in [9.17, 15) is 61.8 Å². The Kier molecular flexibility index (Phi) is 48.0. The molecule has 14 N–H and O–H groups in total. The molecule has 0 unspecified atom stereocenters. The highest BCUT2D eigenvalue weighted by atomic mass is 32.2. The van der Waals surface area contributed by atoms with Gasteiger partial charge in [0, 0.05) is 57.7 Å². The number of nitrogens with zero attached hydrogens (tertiary/aromatic N) is 1. The number of nitrogens with two attached hydrogens (primary N) is 3. The lowest BCUT2D eigenvalue weighted by atomic mass is 9.89. The molecular formula is C65H113N9O18S. The fourth-order valence-corrected chi connectivity index (χ4v) is 10.6. The lowest BCUT2D eigenvalue weighted by Gasteiger charge is -2.29. The van der Waals surface area contributed by atoms with E-state index in [2.05, 4.69) is 21.3 Å². The van der Waals surface area contributed by atoms with Crippen molar-refractivity contribution in [2.24, 2.45) is 29.0 Å². The number of primary amides is 1. The van der Waals surface area contributed by atoms with Crippen LogP contribution in [-0.2, 0) is 78.6 Å². The number of nitrogens with one attached hydrogen (secondary N) is 5. The predicted octanol–water partition coefficient (Wildman–Crippen LogP) is 4.39. The lowest BCUT2D eigenvalue weighted by Crippen LogP contribution is -2.50. The van der Waals surface area contributed by atoms with Crippen LogP contribution >= 0.6 is 0 Å². The number of carboxylic acid groups (broad SMARTS) is 1. The van der Waals surface area contributed by atoms with Gasteiger partial charge in [-0.05, 0) is 94.9 Å². The molecule has 27 nitrogen and oxygen atoms in total. The third kappa shape index (κ3) is 46.8. The number of amidine groups is 1. The number of carboxylic acids is 1. The van der Waals surface area contributed by atoms with Gasteiger partial charge in [-0.3, -0.25) is 53.2 Å². The summed E-state index contributed by atoms with van der Waals surface area (Å²) in [6.07, 6.45) is 16.2. The largest absolute Gasteiger partial charge is 0.508 e. The summed E-state index contributed by atoms with van der Waals surface area (Å²) in [6, 6.07) is 2.78. The molecule has 0 aliphatic carbocycles. The minimum Gasteiger partial charge on any atom is -0.508 e. The summed E-state index contributed by atoms with van der Waals surface area (Å²) in [7, 11) is -2.22. The van der Waals surface area contributed by atoms with Crippen molar-refractivity contribution in [3.05, 3.63) is 29.8 Å². The van der Waals surface area contributed by atoms with Gasteiger partial charge in [0.25, 0.3) is 10.1 Å². The van der Waals surface area contributed by atoms with E-state index in [-0.39, 0.29) is 175 Å². The number of carbonyl (C=O) groups is 9. The molecule has 0 saturated heterocycles. The number of carbonyl (C=O) groups excluding carboxylic acids is 8. The number of likely N-dealkylation sites (N-methyl/N-ethyl adjacent to an activating group) is 1. The Balaban J connectivity index is 2.29. The van der Waals surface area contributed by atoms with E-state index in [0.717, 1.165) is 70.6 Å². The first-order valence-electron chi connectivity index (χ1n) is 33.3. The summed E-state index contributed by atoms with van der Waals surface area (Å²) in [5.74, 6) is -4.99. The Labute approximate surface area is 551 Å². The number of ketones is 4. The van der Waals surface area contributed by atoms with Crippen LogP contribution in [0, 0.1) is 17.2 Å². The standard InChI is InChI=1S/C65H113N9O18S/c1-48(2)63(68)57(78)44-72-53(58(79)45-74(3)55(24-16-17-25-59(66)67)56(77)43-50(64(69)83)42-49-27-29-51(75)30-28-49)23-18-19-33-70-62(82)47-92-40-37-89-35-21-22-52(76)46-91-39-38-90-36-34-71-60(80)32-31-54(65(84)85)73-61(81)26-15-13-11-9-7-5-4-6-8-10-12-14-20-41-93(86,87)88/h27-30,48,50,53-55,63,72,75H,4-26,31-47,68H2,1-3H3,(H3,66,67)(H2,69,83)(H,70,82)(H,71,80)(H,73,81)(H,84,85)(H,86,87,88)/t50-,53+,54+,55+,63+/m1/s1. The molecule has 0 spiro atoms. The predicted molar refractivity (Wildman–Crippen MR) is 353 cm³/mol. The summed E-state index contributed by atoms with van der Waals surface area (Å²) in [4.78, 5) is 116. The van der Waals surface area contributed by atoms with Gasteiger partial charge < -0.3 is 67.6 Å². The van der Waals surface area contributed by atoms with Crippen molar-refractivity contribution in [2.45, 2.75) is 211 Å². The summed E-state index contributed by atoms with van der Waals surface area (Å²) in [5, 5.41) is 37.9. The van der Waals surface area contributed by atoms with Crippen LogP contribution in [0.25, 0.3) is 0 Å². The zero-order chi connectivity index (χ0) is 69.2. The third-order valence-corrected chi connectivity index (χ3v) is 16.5. The van der Waals surface area contributed by atoms with Crippen LogP contribution < -0.4 is 38.5 Å². The molecule has 0 fully saturated rings. The Hall–Kier alpha value is -5.85. The average Bonchev–Trinajstić information content (AvgIpc) is 1.56. The van der Waals surface area contributed by atoms with E-state index in [1.807, 2.05) is 13.8 Å². The molecule has 0 aromatic heterocycles. The van der Waals surface area contributed by atoms with Crippen molar-refractivity contribution in [3.8, 4) is 5.75 Å². The SMILES string of the molecule is CC(C)[C@H](N)C(=O)CN[C@@H](CCCCNC(=O)COCCOCCCC(=O)COCCOCCNC(=O)CC[C@H](NC(=O)CCCCCCCCCCCCCCCS(=O)(=O)O)C(=O)O)C(=O)CN(C)[C@@H](CCCCC(=N)N)C(=O)C[C@@H](Cc1ccc(O)cc1)C(N)=O. The molecule has 0 saturated carbocycles. The second-order valence-corrected chi connectivity index (χ2v) is 25.8. The van der Waals surface area contributed by atoms with Gasteiger partial charge in [-0.25, -0.2) is 4.79 Å². The molecule has 93 heavy (non-hydrogen) atoms. The van der Waals surface area contributed by atoms with E-state index < -0.39 is 52.1 Å². The maximum absolute atomic E-state index is 14.0. The lowest BCUT2D eigenvalue weighted by molar-refractivity contribution is -0.142. The molecule has 0 aliphatic heterocycles. The maximum atomic E-state index is 14.0. The van der Waals surface area contributed by atoms with E-state index in [4.69, 9.17) is 46.1 Å². The van der Waals surface area contributed by atoms with E-state index in [1.165, 1.54) is 12.1 Å². The van der Waals surface area contributed by atoms with Crippen molar-refractivity contribution in [1.82, 2.24) is 26.2 Å². The number of aliphatic carboxylic acids is 1. The number of Topliss-reactive ketones (excluding diaryl/α,β-unsaturated/α-hetero) is 4. The number of phenols is 1. The van der Waals surface area contributed by atoms with Crippen molar-refractivity contribution < 1.29 is 85.3 Å². The van der Waals surface area contributed by atoms with Gasteiger partial charge in [-0.1, -0.05) is 103 Å². The molecule has 1 rings (SSSR count). The number of aromatic hydroxyl groups is 1. The van der Waals surface area contributed by atoms with Gasteiger partial charge in [0.05, 0.1) is 75.8 Å². The Morgan fingerprint density at radius 2 is 1.15 bits per heavy atom. The first-order chi connectivity index (χ1) is 44.3. The molecule has 532 valence electrons. The molecule has 28 heteroatoms. The quantitative estimate of drug-likeness (QED) is 0.0186. The van der Waals surface area contributed by atoms with Gasteiger partial charge >= 0.3 is 5.97 Å². The van der Waals surface area contributed by atoms with Crippen LogP contribution in [0.5, 0.6) is 5.75 Å². The fourth-order valence-electron chi connectivity index (χ4n) is 10.1. The number of hydrogen-bond acceptors (Lipinski definition) is 20. The number of benzene rings is 1. The van der Waals surface area contributed by atoms with E-state index in [0.29, 0.717) is 76.3 Å². The summed E-state index contributed by atoms with van der Waals surface area (Å²) >= 11 is 0. The molecule has 1 aromatic carbocycles. The molecule has 0 aliphatic rings. The monoisotopic (exact) mass is 1340 g/mol. The first kappa shape index (κ1) is 85.2. The Morgan fingerprint density at radius 3 is 1.74 bits per heavy atom. The van der Waals surface area contributed by atoms with Gasteiger partial charge in [0.15, 0.2) is 23.1 Å². The van der Waals surface area contributed by atoms with E-state index >= 15 is 0 Å². The number of ether oxygens (including phenoxy) is 4. The molecule has 1 aromatic rings. The second kappa shape index (κ2) is 52.4. The third-order valence-electron chi connectivity index (χ3n) is 15.6. The van der Waals surface area contributed by atoms with E-state index in [1.54, 1.807) is 24.1 Å². The summed E-state index contributed by atoms with van der Waals surface area (Å²) in [5.41, 5.74) is 18.1. The summed E-state index contributed by atoms with van der Waals surface area (Å²) in [6.45, 7) is 4.62. The molecule has 4 amide bonds. The van der Waals surface area contributed by atoms with Gasteiger partial charge in [-0.2, -0.15) is 8.42 Å². The smallest absolute Gasteiger partial charge is 0.326 e. The van der Waals surface area contributed by atoms with Crippen LogP contribution in [0.1, 0.15) is 186 Å². The van der Waals surface area contributed by atoms with Crippen LogP contribution in [-0.4, -0.2) is 203 Å². The highest BCUT2D eigenvalue weighted by Crippen LogP contribution is 2.21. The molecule has 0 bridgehead atoms. The van der Waals surface area contributed by atoms with Crippen molar-refractivity contribution in [2.75, 3.05) is 91.8 Å². The van der Waals surface area contributed by atoms with Crippen LogP contribution in [0.2, 0.25) is 0 Å². The normalized spacial score (nSPS) is 13.2. The minimum atomic E-state index is -3.86. The van der Waals surface area contributed by atoms with Crippen molar-refractivity contribution >= 4 is 68.7 Å². The van der Waals surface area contributed by atoms with Gasteiger partial charge in [0.2, 0.25) is 23.6 Å². The molecule has 0 radical (unpaired) electrons. The Bertz CT molecular complexity index is 2460. The number of unbranched alkanes of at least 4 members (excludes halogenated alkanes) is 14. The van der Waals surface area contributed by atoms with Crippen LogP contribution in [0.15, 0.2) is 24.3 Å². The number of amides is 4.